The lowest BCUT2D eigenvalue weighted by Gasteiger charge is -2.22. The van der Waals surface area contributed by atoms with Crippen LogP contribution >= 0.6 is 0 Å². The maximum absolute atomic E-state index is 13.1. The van der Waals surface area contributed by atoms with Crippen molar-refractivity contribution in [1.29, 1.82) is 0 Å². The first kappa shape index (κ1) is 23.2. The van der Waals surface area contributed by atoms with Crippen molar-refractivity contribution in [2.75, 3.05) is 13.7 Å². The Bertz CT molecular complexity index is 1130. The number of carbonyl (C=O) groups excluding carboxylic acids is 2. The maximum atomic E-state index is 13.1. The summed E-state index contributed by atoms with van der Waals surface area (Å²) in [6.07, 6.45) is 5.02. The van der Waals surface area contributed by atoms with E-state index in [9.17, 15) is 9.59 Å². The zero-order valence-electron chi connectivity index (χ0n) is 19.2. The second-order valence-electron chi connectivity index (χ2n) is 8.11. The normalized spacial score (nSPS) is 15.0. The number of ether oxygens (including phenoxy) is 1. The molecule has 0 aliphatic carbocycles. The van der Waals surface area contributed by atoms with Crippen molar-refractivity contribution in [3.8, 4) is 5.75 Å². The summed E-state index contributed by atoms with van der Waals surface area (Å²) in [5, 5.41) is 9.08. The third-order valence-electron chi connectivity index (χ3n) is 5.80. The van der Waals surface area contributed by atoms with Crippen LogP contribution in [-0.4, -0.2) is 41.2 Å². The number of amides is 2. The summed E-state index contributed by atoms with van der Waals surface area (Å²) in [5.74, 6) is 0.436. The average Bonchev–Trinajstić information content (AvgIpc) is 3.34. The number of nitrogens with one attached hydrogen (secondary N) is 1. The molecular formula is C27H28N4O3. The van der Waals surface area contributed by atoms with E-state index in [1.807, 2.05) is 66.7 Å². The van der Waals surface area contributed by atoms with Gasteiger partial charge in [-0.1, -0.05) is 48.5 Å². The maximum Gasteiger partial charge on any atom is 0.243 e. The zero-order valence-corrected chi connectivity index (χ0v) is 19.2. The van der Waals surface area contributed by atoms with Gasteiger partial charge in [0.1, 0.15) is 5.75 Å². The largest absolute Gasteiger partial charge is 0.497 e. The van der Waals surface area contributed by atoms with Crippen molar-refractivity contribution in [3.63, 3.8) is 0 Å². The van der Waals surface area contributed by atoms with Crippen LogP contribution in [0.3, 0.4) is 0 Å². The van der Waals surface area contributed by atoms with Crippen LogP contribution in [0.4, 0.5) is 0 Å². The number of aromatic nitrogens is 1. The number of hydrogen-bond acceptors (Lipinski definition) is 5. The lowest BCUT2D eigenvalue weighted by molar-refractivity contribution is -0.135. The Morgan fingerprint density at radius 2 is 1.82 bits per heavy atom. The Morgan fingerprint density at radius 3 is 2.53 bits per heavy atom. The fourth-order valence-corrected chi connectivity index (χ4v) is 3.95. The van der Waals surface area contributed by atoms with Gasteiger partial charge in [0.15, 0.2) is 0 Å². The minimum absolute atomic E-state index is 0.0942. The molecular weight excluding hydrogens is 428 g/mol. The van der Waals surface area contributed by atoms with Crippen LogP contribution < -0.4 is 10.1 Å². The highest BCUT2D eigenvalue weighted by Gasteiger charge is 2.33. The van der Waals surface area contributed by atoms with Crippen LogP contribution in [0, 0.1) is 0 Å². The fourth-order valence-electron chi connectivity index (χ4n) is 3.95. The molecule has 0 bridgehead atoms. The molecule has 4 rings (SSSR count). The predicted octanol–water partition coefficient (Wildman–Crippen LogP) is 3.91. The quantitative estimate of drug-likeness (QED) is 0.529. The molecule has 1 unspecified atom stereocenters. The molecule has 0 radical (unpaired) electrons. The zero-order chi connectivity index (χ0) is 23.8. The lowest BCUT2D eigenvalue weighted by atomic mass is 9.98. The molecule has 7 nitrogen and oxygen atoms in total. The summed E-state index contributed by atoms with van der Waals surface area (Å²) in [5.41, 5.74) is 3.88. The number of pyridine rings is 1. The van der Waals surface area contributed by atoms with E-state index < -0.39 is 0 Å². The Balaban J connectivity index is 1.39. The molecule has 2 amide bonds. The summed E-state index contributed by atoms with van der Waals surface area (Å²) in [4.78, 5) is 29.5. The highest BCUT2D eigenvalue weighted by atomic mass is 16.5. The molecule has 1 aromatic heterocycles. The minimum atomic E-state index is -0.220. The molecule has 0 saturated carbocycles. The van der Waals surface area contributed by atoms with Gasteiger partial charge in [-0.15, -0.1) is 0 Å². The van der Waals surface area contributed by atoms with Crippen molar-refractivity contribution < 1.29 is 14.3 Å². The molecule has 7 heteroatoms. The van der Waals surface area contributed by atoms with Crippen molar-refractivity contribution in [3.05, 3.63) is 95.8 Å². The molecule has 0 spiro atoms. The Labute approximate surface area is 199 Å². The van der Waals surface area contributed by atoms with Crippen molar-refractivity contribution in [1.82, 2.24) is 15.3 Å². The Kier molecular flexibility index (Phi) is 7.65. The van der Waals surface area contributed by atoms with Gasteiger partial charge < -0.3 is 10.1 Å². The average molecular weight is 457 g/mol. The predicted molar refractivity (Wildman–Crippen MR) is 130 cm³/mol. The second kappa shape index (κ2) is 11.2. The molecule has 1 atom stereocenters. The van der Waals surface area contributed by atoms with E-state index in [2.05, 4.69) is 15.4 Å². The molecule has 3 aromatic rings. The van der Waals surface area contributed by atoms with E-state index in [-0.39, 0.29) is 30.7 Å². The van der Waals surface area contributed by atoms with Gasteiger partial charge in [0.25, 0.3) is 0 Å². The van der Waals surface area contributed by atoms with Gasteiger partial charge in [-0.3, -0.25) is 14.6 Å². The molecule has 1 N–H and O–H groups in total. The van der Waals surface area contributed by atoms with Crippen molar-refractivity contribution in [2.24, 2.45) is 5.10 Å². The standard InChI is InChI=1S/C27H28N4O3/c1-34-23-11-9-22(10-12-23)25-18-24(21-7-3-2-4-8-21)30-31(25)27(33)14-13-26(32)29-17-15-20-6-5-16-28-19-20/h2-12,16,19,25H,13-15,17-18H2,1H3,(H,29,32). The number of rotatable bonds is 9. The van der Waals surface area contributed by atoms with Crippen LogP contribution in [0.5, 0.6) is 5.75 Å². The number of carbonyl (C=O) groups is 2. The van der Waals surface area contributed by atoms with E-state index >= 15 is 0 Å². The van der Waals surface area contributed by atoms with Gasteiger partial charge in [-0.25, -0.2) is 5.01 Å². The van der Waals surface area contributed by atoms with Gasteiger partial charge in [-0.05, 0) is 41.3 Å². The fraction of sp³-hybridized carbons (Fsp3) is 0.259. The summed E-state index contributed by atoms with van der Waals surface area (Å²) in [6.45, 7) is 0.507. The molecule has 1 aliphatic rings. The molecule has 34 heavy (non-hydrogen) atoms. The van der Waals surface area contributed by atoms with E-state index in [0.29, 0.717) is 19.4 Å². The molecule has 2 heterocycles. The molecule has 1 aliphatic heterocycles. The summed E-state index contributed by atoms with van der Waals surface area (Å²) >= 11 is 0. The summed E-state index contributed by atoms with van der Waals surface area (Å²) in [7, 11) is 1.62. The van der Waals surface area contributed by atoms with Crippen LogP contribution in [0.2, 0.25) is 0 Å². The second-order valence-corrected chi connectivity index (χ2v) is 8.11. The first-order valence-electron chi connectivity index (χ1n) is 11.4. The van der Waals surface area contributed by atoms with Crippen molar-refractivity contribution >= 4 is 17.5 Å². The third kappa shape index (κ3) is 5.86. The van der Waals surface area contributed by atoms with Crippen LogP contribution in [-0.2, 0) is 16.0 Å². The van der Waals surface area contributed by atoms with Crippen LogP contribution in [0.15, 0.2) is 84.2 Å². The summed E-state index contributed by atoms with van der Waals surface area (Å²) < 4.78 is 5.26. The molecule has 174 valence electrons. The highest BCUT2D eigenvalue weighted by molar-refractivity contribution is 6.03. The number of nitrogens with zero attached hydrogens (tertiary/aromatic N) is 3. The van der Waals surface area contributed by atoms with E-state index in [0.717, 1.165) is 28.2 Å². The first-order valence-corrected chi connectivity index (χ1v) is 11.4. The first-order chi connectivity index (χ1) is 16.6. The topological polar surface area (TPSA) is 83.9 Å². The highest BCUT2D eigenvalue weighted by Crippen LogP contribution is 2.34. The van der Waals surface area contributed by atoms with E-state index in [4.69, 9.17) is 4.74 Å². The summed E-state index contributed by atoms with van der Waals surface area (Å²) in [6, 6.07) is 21.2. The Morgan fingerprint density at radius 1 is 1.03 bits per heavy atom. The lowest BCUT2D eigenvalue weighted by Crippen LogP contribution is -2.30. The van der Waals surface area contributed by atoms with Gasteiger partial charge in [0, 0.05) is 38.2 Å². The third-order valence-corrected chi connectivity index (χ3v) is 5.80. The smallest absolute Gasteiger partial charge is 0.243 e. The number of benzene rings is 2. The molecule has 2 aromatic carbocycles. The number of methoxy groups -OCH3 is 1. The van der Waals surface area contributed by atoms with Gasteiger partial charge in [0.05, 0.1) is 18.9 Å². The number of hydrazone groups is 1. The SMILES string of the molecule is COc1ccc(C2CC(c3ccccc3)=NN2C(=O)CCC(=O)NCCc2cccnc2)cc1. The van der Waals surface area contributed by atoms with Gasteiger partial charge in [0.2, 0.25) is 11.8 Å². The monoisotopic (exact) mass is 456 g/mol. The van der Waals surface area contributed by atoms with Gasteiger partial charge >= 0.3 is 0 Å². The molecule has 0 fully saturated rings. The van der Waals surface area contributed by atoms with Gasteiger partial charge in [-0.2, -0.15) is 5.10 Å². The number of hydrogen-bond donors (Lipinski definition) is 1. The Hall–Kier alpha value is -4.00. The minimum Gasteiger partial charge on any atom is -0.497 e. The van der Waals surface area contributed by atoms with E-state index in [1.165, 1.54) is 5.01 Å². The van der Waals surface area contributed by atoms with Crippen LogP contribution in [0.1, 0.15) is 42.0 Å². The van der Waals surface area contributed by atoms with E-state index in [1.54, 1.807) is 19.5 Å². The van der Waals surface area contributed by atoms with Crippen molar-refractivity contribution in [2.45, 2.75) is 31.7 Å². The molecule has 0 saturated heterocycles. The van der Waals surface area contributed by atoms with Crippen LogP contribution in [0.25, 0.3) is 0 Å².